The molecule has 2 heterocycles. The maximum Gasteiger partial charge on any atom is 0.266 e. The molecule has 0 aromatic carbocycles. The lowest BCUT2D eigenvalue weighted by atomic mass is 9.86. The van der Waals surface area contributed by atoms with Crippen LogP contribution in [0.1, 0.15) is 39.5 Å². The van der Waals surface area contributed by atoms with Gasteiger partial charge in [0, 0.05) is 19.1 Å². The summed E-state index contributed by atoms with van der Waals surface area (Å²) in [6, 6.07) is -1.48. The van der Waals surface area contributed by atoms with Gasteiger partial charge in [0.05, 0.1) is 12.1 Å². The molecule has 0 aromatic rings. The Morgan fingerprint density at radius 1 is 1.29 bits per heavy atom. The van der Waals surface area contributed by atoms with Crippen LogP contribution in [-0.2, 0) is 9.53 Å². The van der Waals surface area contributed by atoms with Gasteiger partial charge in [0.25, 0.3) is 5.92 Å². The summed E-state index contributed by atoms with van der Waals surface area (Å²) in [7, 11) is 0. The Labute approximate surface area is 125 Å². The van der Waals surface area contributed by atoms with E-state index in [9.17, 15) is 13.6 Å². The Balaban J connectivity index is 2.18. The molecule has 6 heteroatoms. The lowest BCUT2D eigenvalue weighted by Gasteiger charge is -2.41. The predicted octanol–water partition coefficient (Wildman–Crippen LogP) is 2.02. The third-order valence-corrected chi connectivity index (χ3v) is 4.78. The molecule has 2 saturated heterocycles. The third-order valence-electron chi connectivity index (χ3n) is 4.78. The van der Waals surface area contributed by atoms with Crippen LogP contribution in [0.3, 0.4) is 0 Å². The molecule has 122 valence electrons. The van der Waals surface area contributed by atoms with E-state index in [1.165, 1.54) is 0 Å². The number of primary amides is 1. The van der Waals surface area contributed by atoms with Crippen molar-refractivity contribution in [2.24, 2.45) is 17.6 Å². The third kappa shape index (κ3) is 3.37. The van der Waals surface area contributed by atoms with Crippen LogP contribution in [0, 0.1) is 11.8 Å². The zero-order valence-corrected chi connectivity index (χ0v) is 12.9. The average Bonchev–Trinajstić information content (AvgIpc) is 2.88. The van der Waals surface area contributed by atoms with E-state index in [0.717, 1.165) is 0 Å². The first-order valence-electron chi connectivity index (χ1n) is 7.86. The molecular formula is C15H26F2N2O2. The fraction of sp³-hybridized carbons (Fsp3) is 0.933. The number of hydrogen-bond acceptors (Lipinski definition) is 3. The molecule has 0 bridgehead atoms. The van der Waals surface area contributed by atoms with Crippen LogP contribution in [0.5, 0.6) is 0 Å². The van der Waals surface area contributed by atoms with Crippen molar-refractivity contribution in [2.75, 3.05) is 19.8 Å². The minimum atomic E-state index is -2.79. The summed E-state index contributed by atoms with van der Waals surface area (Å²) in [5.74, 6) is -4.01. The van der Waals surface area contributed by atoms with Crippen LogP contribution < -0.4 is 5.73 Å². The minimum absolute atomic E-state index is 0.0615. The number of likely N-dealkylation sites (tertiary alicyclic amines) is 1. The Hall–Kier alpha value is -0.750. The molecule has 1 amide bonds. The first-order valence-corrected chi connectivity index (χ1v) is 7.86. The topological polar surface area (TPSA) is 55.6 Å². The number of rotatable bonds is 5. The normalized spacial score (nSPS) is 27.2. The van der Waals surface area contributed by atoms with Crippen LogP contribution in [0.15, 0.2) is 0 Å². The maximum atomic E-state index is 14.9. The summed E-state index contributed by atoms with van der Waals surface area (Å²) in [5.41, 5.74) is 5.46. The summed E-state index contributed by atoms with van der Waals surface area (Å²) < 4.78 is 35.0. The standard InChI is InChI=1S/C15H26F2N2O2/c1-10(2)13(14(18)20)19-7-3-4-12(19)15(16,17)11-5-8-21-9-6-11/h10-13H,3-9H2,1-2H3,(H2,18,20). The number of ether oxygens (including phenoxy) is 1. The monoisotopic (exact) mass is 304 g/mol. The highest BCUT2D eigenvalue weighted by atomic mass is 19.3. The van der Waals surface area contributed by atoms with Crippen LogP contribution in [0.25, 0.3) is 0 Å². The molecule has 2 rings (SSSR count). The highest BCUT2D eigenvalue weighted by Gasteiger charge is 2.53. The molecule has 0 radical (unpaired) electrons. The van der Waals surface area contributed by atoms with Crippen LogP contribution in [-0.4, -0.2) is 48.6 Å². The van der Waals surface area contributed by atoms with Crippen LogP contribution in [0.4, 0.5) is 8.78 Å². The number of amides is 1. The highest BCUT2D eigenvalue weighted by molar-refractivity contribution is 5.80. The van der Waals surface area contributed by atoms with E-state index in [4.69, 9.17) is 10.5 Å². The zero-order chi connectivity index (χ0) is 15.6. The van der Waals surface area contributed by atoms with Crippen molar-refractivity contribution in [1.82, 2.24) is 4.90 Å². The first kappa shape index (κ1) is 16.6. The Bertz CT molecular complexity index is 371. The van der Waals surface area contributed by atoms with Crippen molar-refractivity contribution < 1.29 is 18.3 Å². The fourth-order valence-electron chi connectivity index (χ4n) is 3.76. The molecular weight excluding hydrogens is 278 g/mol. The van der Waals surface area contributed by atoms with Crippen molar-refractivity contribution in [2.45, 2.75) is 57.5 Å². The van der Waals surface area contributed by atoms with E-state index in [2.05, 4.69) is 0 Å². The molecule has 2 N–H and O–H groups in total. The Morgan fingerprint density at radius 2 is 1.90 bits per heavy atom. The van der Waals surface area contributed by atoms with Crippen molar-refractivity contribution in [3.63, 3.8) is 0 Å². The van der Waals surface area contributed by atoms with Gasteiger partial charge in [0.2, 0.25) is 5.91 Å². The lowest BCUT2D eigenvalue weighted by molar-refractivity contribution is -0.152. The van der Waals surface area contributed by atoms with Gasteiger partial charge in [-0.15, -0.1) is 0 Å². The number of carbonyl (C=O) groups is 1. The van der Waals surface area contributed by atoms with E-state index in [0.29, 0.717) is 45.4 Å². The van der Waals surface area contributed by atoms with Gasteiger partial charge in [0.1, 0.15) is 0 Å². The van der Waals surface area contributed by atoms with E-state index in [1.807, 2.05) is 13.8 Å². The van der Waals surface area contributed by atoms with E-state index in [1.54, 1.807) is 4.90 Å². The van der Waals surface area contributed by atoms with Gasteiger partial charge in [-0.1, -0.05) is 13.8 Å². The summed E-state index contributed by atoms with van der Waals surface area (Å²) in [6.45, 7) is 5.04. The summed E-state index contributed by atoms with van der Waals surface area (Å²) in [5, 5.41) is 0. The Kier molecular flexibility index (Phi) is 5.20. The smallest absolute Gasteiger partial charge is 0.266 e. The van der Waals surface area contributed by atoms with Crippen molar-refractivity contribution in [3.05, 3.63) is 0 Å². The van der Waals surface area contributed by atoms with Crippen molar-refractivity contribution in [3.8, 4) is 0 Å². The SMILES string of the molecule is CC(C)C(C(N)=O)N1CCCC1C(F)(F)C1CCOCC1. The average molecular weight is 304 g/mol. The summed E-state index contributed by atoms with van der Waals surface area (Å²) in [6.07, 6.45) is 1.90. The fourth-order valence-corrected chi connectivity index (χ4v) is 3.76. The minimum Gasteiger partial charge on any atom is -0.381 e. The zero-order valence-electron chi connectivity index (χ0n) is 12.9. The number of hydrogen-bond donors (Lipinski definition) is 1. The second-order valence-electron chi connectivity index (χ2n) is 6.55. The molecule has 2 fully saturated rings. The van der Waals surface area contributed by atoms with Gasteiger partial charge in [-0.3, -0.25) is 9.69 Å². The van der Waals surface area contributed by atoms with Crippen molar-refractivity contribution >= 4 is 5.91 Å². The second kappa shape index (κ2) is 6.57. The van der Waals surface area contributed by atoms with Crippen LogP contribution >= 0.6 is 0 Å². The number of nitrogens with zero attached hydrogens (tertiary/aromatic N) is 1. The molecule has 21 heavy (non-hydrogen) atoms. The van der Waals surface area contributed by atoms with Gasteiger partial charge in [0.15, 0.2) is 0 Å². The van der Waals surface area contributed by atoms with Gasteiger partial charge < -0.3 is 10.5 Å². The Morgan fingerprint density at radius 3 is 2.43 bits per heavy atom. The summed E-state index contributed by atoms with van der Waals surface area (Å²) in [4.78, 5) is 13.3. The molecule has 0 saturated carbocycles. The molecule has 2 atom stereocenters. The molecule has 0 aliphatic carbocycles. The van der Waals surface area contributed by atoms with E-state index in [-0.39, 0.29) is 5.92 Å². The van der Waals surface area contributed by atoms with E-state index < -0.39 is 29.8 Å². The molecule has 0 spiro atoms. The maximum absolute atomic E-state index is 14.9. The molecule has 2 aliphatic heterocycles. The first-order chi connectivity index (χ1) is 9.85. The molecule has 4 nitrogen and oxygen atoms in total. The lowest BCUT2D eigenvalue weighted by Crippen LogP contribution is -2.57. The molecule has 2 unspecified atom stereocenters. The molecule has 0 aromatic heterocycles. The number of alkyl halides is 2. The quantitative estimate of drug-likeness (QED) is 0.845. The number of carbonyl (C=O) groups excluding carboxylic acids is 1. The predicted molar refractivity (Wildman–Crippen MR) is 76.0 cm³/mol. The number of halogens is 2. The van der Waals surface area contributed by atoms with Gasteiger partial charge in [-0.25, -0.2) is 8.78 Å². The van der Waals surface area contributed by atoms with Gasteiger partial charge >= 0.3 is 0 Å². The van der Waals surface area contributed by atoms with Gasteiger partial charge in [-0.05, 0) is 38.1 Å². The highest BCUT2D eigenvalue weighted by Crippen LogP contribution is 2.42. The van der Waals surface area contributed by atoms with Crippen molar-refractivity contribution in [1.29, 1.82) is 0 Å². The number of nitrogens with two attached hydrogens (primary N) is 1. The summed E-state index contributed by atoms with van der Waals surface area (Å²) >= 11 is 0. The molecule has 2 aliphatic rings. The van der Waals surface area contributed by atoms with Crippen LogP contribution in [0.2, 0.25) is 0 Å². The van der Waals surface area contributed by atoms with Gasteiger partial charge in [-0.2, -0.15) is 0 Å². The second-order valence-corrected chi connectivity index (χ2v) is 6.55. The largest absolute Gasteiger partial charge is 0.381 e. The van der Waals surface area contributed by atoms with E-state index >= 15 is 0 Å².